The summed E-state index contributed by atoms with van der Waals surface area (Å²) in [7, 11) is 1.69. The Morgan fingerprint density at radius 1 is 1.46 bits per heavy atom. The number of nitrogen functional groups attached to an aromatic ring is 1. The van der Waals surface area contributed by atoms with Crippen LogP contribution in [0, 0.1) is 0 Å². The monoisotopic (exact) mass is 332 g/mol. The van der Waals surface area contributed by atoms with Crippen molar-refractivity contribution in [3.8, 4) is 0 Å². The van der Waals surface area contributed by atoms with Crippen LogP contribution in [0.15, 0.2) is 24.7 Å². The predicted octanol–water partition coefficient (Wildman–Crippen LogP) is 0.540. The molecule has 0 bridgehead atoms. The molecule has 2 aromatic heterocycles. The number of ether oxygens (including phenoxy) is 1. The van der Waals surface area contributed by atoms with E-state index in [0.717, 1.165) is 18.5 Å². The van der Waals surface area contributed by atoms with Crippen molar-refractivity contribution >= 4 is 11.7 Å². The molecule has 0 aliphatic carbocycles. The summed E-state index contributed by atoms with van der Waals surface area (Å²) < 4.78 is 9.08. The summed E-state index contributed by atoms with van der Waals surface area (Å²) in [5.41, 5.74) is 6.61. The Morgan fingerprint density at radius 2 is 2.29 bits per heavy atom. The Balaban J connectivity index is 1.68. The molecular formula is C16H24N6O2. The molecule has 1 fully saturated rings. The van der Waals surface area contributed by atoms with Crippen LogP contribution in [0.5, 0.6) is 0 Å². The molecular weight excluding hydrogens is 308 g/mol. The van der Waals surface area contributed by atoms with Crippen molar-refractivity contribution in [1.29, 1.82) is 0 Å². The first kappa shape index (κ1) is 16.5. The quantitative estimate of drug-likeness (QED) is 0.834. The minimum atomic E-state index is 0.0583. The number of likely N-dealkylation sites (tertiary alicyclic amines) is 1. The zero-order chi connectivity index (χ0) is 17.1. The molecule has 8 heteroatoms. The van der Waals surface area contributed by atoms with Crippen LogP contribution in [0.1, 0.15) is 18.9 Å². The summed E-state index contributed by atoms with van der Waals surface area (Å²) in [5, 5.41) is 8.45. The van der Waals surface area contributed by atoms with Gasteiger partial charge in [-0.1, -0.05) is 0 Å². The standard InChI is InChI=1S/C16H24N6O2/c1-3-20-9-12(8-18-20)6-16(23)22-11-14(24-2)7-13(22)10-21-5-4-15(17)19-21/h4-5,8-9,13-14H,3,6-7,10-11H2,1-2H3,(H2,17,19)/t13-,14-/m0/s1. The Kier molecular flexibility index (Phi) is 4.84. The van der Waals surface area contributed by atoms with E-state index in [2.05, 4.69) is 10.2 Å². The summed E-state index contributed by atoms with van der Waals surface area (Å²) in [6.45, 7) is 4.05. The van der Waals surface area contributed by atoms with Gasteiger partial charge in [0.25, 0.3) is 0 Å². The number of carbonyl (C=O) groups is 1. The second kappa shape index (κ2) is 7.04. The third kappa shape index (κ3) is 3.59. The normalized spacial score (nSPS) is 20.7. The minimum Gasteiger partial charge on any atom is -0.382 e. The van der Waals surface area contributed by atoms with Gasteiger partial charge in [-0.3, -0.25) is 14.2 Å². The maximum Gasteiger partial charge on any atom is 0.227 e. The number of carbonyl (C=O) groups excluding carboxylic acids is 1. The van der Waals surface area contributed by atoms with E-state index in [4.69, 9.17) is 10.5 Å². The van der Waals surface area contributed by atoms with Gasteiger partial charge in [-0.25, -0.2) is 0 Å². The number of nitrogens with two attached hydrogens (primary N) is 1. The Hall–Kier alpha value is -2.35. The van der Waals surface area contributed by atoms with Crippen molar-refractivity contribution in [3.05, 3.63) is 30.2 Å². The van der Waals surface area contributed by atoms with Crippen molar-refractivity contribution in [1.82, 2.24) is 24.5 Å². The highest BCUT2D eigenvalue weighted by molar-refractivity contribution is 5.79. The van der Waals surface area contributed by atoms with Gasteiger partial charge in [0, 0.05) is 32.6 Å². The van der Waals surface area contributed by atoms with Gasteiger partial charge in [-0.05, 0) is 25.0 Å². The lowest BCUT2D eigenvalue weighted by Gasteiger charge is -2.24. The van der Waals surface area contributed by atoms with Crippen LogP contribution < -0.4 is 5.73 Å². The molecule has 2 atom stereocenters. The van der Waals surface area contributed by atoms with Gasteiger partial charge in [0.15, 0.2) is 0 Å². The predicted molar refractivity (Wildman–Crippen MR) is 89.2 cm³/mol. The third-order valence-electron chi connectivity index (χ3n) is 4.45. The lowest BCUT2D eigenvalue weighted by atomic mass is 10.2. The summed E-state index contributed by atoms with van der Waals surface area (Å²) in [6.07, 6.45) is 6.73. The van der Waals surface area contributed by atoms with Crippen LogP contribution in [0.25, 0.3) is 0 Å². The molecule has 1 aliphatic heterocycles. The molecule has 2 N–H and O–H groups in total. The number of hydrogen-bond acceptors (Lipinski definition) is 5. The second-order valence-electron chi connectivity index (χ2n) is 6.14. The number of nitrogens with zero attached hydrogens (tertiary/aromatic N) is 5. The van der Waals surface area contributed by atoms with E-state index in [1.165, 1.54) is 0 Å². The van der Waals surface area contributed by atoms with Crippen LogP contribution in [-0.2, 0) is 29.0 Å². The first-order valence-electron chi connectivity index (χ1n) is 8.21. The highest BCUT2D eigenvalue weighted by Gasteiger charge is 2.35. The van der Waals surface area contributed by atoms with E-state index >= 15 is 0 Å². The van der Waals surface area contributed by atoms with E-state index < -0.39 is 0 Å². The van der Waals surface area contributed by atoms with Crippen LogP contribution in [0.4, 0.5) is 5.82 Å². The Morgan fingerprint density at radius 3 is 2.92 bits per heavy atom. The minimum absolute atomic E-state index is 0.0583. The molecule has 0 aromatic carbocycles. The van der Waals surface area contributed by atoms with E-state index in [9.17, 15) is 4.79 Å². The molecule has 130 valence electrons. The smallest absolute Gasteiger partial charge is 0.227 e. The molecule has 1 amide bonds. The third-order valence-corrected chi connectivity index (χ3v) is 4.45. The zero-order valence-corrected chi connectivity index (χ0v) is 14.1. The molecule has 1 aliphatic rings. The lowest BCUT2D eigenvalue weighted by Crippen LogP contribution is -2.39. The fraction of sp³-hybridized carbons (Fsp3) is 0.562. The Labute approximate surface area is 141 Å². The molecule has 0 spiro atoms. The summed E-state index contributed by atoms with van der Waals surface area (Å²) >= 11 is 0. The molecule has 2 aromatic rings. The molecule has 24 heavy (non-hydrogen) atoms. The van der Waals surface area contributed by atoms with Crippen LogP contribution in [-0.4, -0.2) is 56.2 Å². The van der Waals surface area contributed by atoms with Gasteiger partial charge < -0.3 is 15.4 Å². The van der Waals surface area contributed by atoms with Gasteiger partial charge in [0.05, 0.1) is 31.3 Å². The van der Waals surface area contributed by atoms with Crippen molar-refractivity contribution in [2.24, 2.45) is 0 Å². The number of hydrogen-bond donors (Lipinski definition) is 1. The van der Waals surface area contributed by atoms with Gasteiger partial charge >= 0.3 is 0 Å². The van der Waals surface area contributed by atoms with E-state index in [1.54, 1.807) is 24.1 Å². The maximum atomic E-state index is 12.8. The first-order chi connectivity index (χ1) is 11.6. The number of rotatable bonds is 6. The number of anilines is 1. The molecule has 0 unspecified atom stereocenters. The molecule has 0 saturated carbocycles. The molecule has 8 nitrogen and oxygen atoms in total. The van der Waals surface area contributed by atoms with Crippen molar-refractivity contribution in [2.75, 3.05) is 19.4 Å². The van der Waals surface area contributed by atoms with Gasteiger partial charge in [0.2, 0.25) is 5.91 Å². The van der Waals surface area contributed by atoms with Crippen molar-refractivity contribution < 1.29 is 9.53 Å². The van der Waals surface area contributed by atoms with Crippen LogP contribution in [0.3, 0.4) is 0 Å². The average molecular weight is 332 g/mol. The van der Waals surface area contributed by atoms with Gasteiger partial charge in [-0.2, -0.15) is 10.2 Å². The lowest BCUT2D eigenvalue weighted by molar-refractivity contribution is -0.131. The molecule has 3 heterocycles. The molecule has 0 radical (unpaired) electrons. The van der Waals surface area contributed by atoms with Crippen LogP contribution >= 0.6 is 0 Å². The number of aryl methyl sites for hydroxylation is 1. The average Bonchev–Trinajstić information content (AvgIpc) is 3.28. The summed E-state index contributed by atoms with van der Waals surface area (Å²) in [6, 6.07) is 1.82. The van der Waals surface area contributed by atoms with E-state index in [-0.39, 0.29) is 18.1 Å². The largest absolute Gasteiger partial charge is 0.382 e. The maximum absolute atomic E-state index is 12.8. The van der Waals surface area contributed by atoms with Crippen LogP contribution in [0.2, 0.25) is 0 Å². The molecule has 1 saturated heterocycles. The Bertz CT molecular complexity index is 694. The van der Waals surface area contributed by atoms with Gasteiger partial charge in [0.1, 0.15) is 5.82 Å². The fourth-order valence-corrected chi connectivity index (χ4v) is 3.16. The zero-order valence-electron chi connectivity index (χ0n) is 14.1. The number of methoxy groups -OCH3 is 1. The van der Waals surface area contributed by atoms with Crippen molar-refractivity contribution in [2.45, 2.75) is 45.0 Å². The van der Waals surface area contributed by atoms with Gasteiger partial charge in [-0.15, -0.1) is 0 Å². The number of amides is 1. The van der Waals surface area contributed by atoms with E-state index in [0.29, 0.717) is 25.3 Å². The SMILES string of the molecule is CCn1cc(CC(=O)N2C[C@@H](OC)C[C@H]2Cn2ccc(N)n2)cn1. The summed E-state index contributed by atoms with van der Waals surface area (Å²) in [4.78, 5) is 14.7. The van der Waals surface area contributed by atoms with E-state index in [1.807, 2.05) is 28.9 Å². The summed E-state index contributed by atoms with van der Waals surface area (Å²) in [5.74, 6) is 0.580. The number of aromatic nitrogens is 4. The highest BCUT2D eigenvalue weighted by Crippen LogP contribution is 2.22. The topological polar surface area (TPSA) is 91.2 Å². The molecule has 3 rings (SSSR count). The first-order valence-corrected chi connectivity index (χ1v) is 8.21. The second-order valence-corrected chi connectivity index (χ2v) is 6.14. The fourth-order valence-electron chi connectivity index (χ4n) is 3.16. The highest BCUT2D eigenvalue weighted by atomic mass is 16.5. The van der Waals surface area contributed by atoms with Crippen molar-refractivity contribution in [3.63, 3.8) is 0 Å².